The molecule has 110 valence electrons. The predicted molar refractivity (Wildman–Crippen MR) is 75.0 cm³/mol. The Balaban J connectivity index is 1.71. The van der Waals surface area contributed by atoms with Crippen molar-refractivity contribution in [2.24, 2.45) is 17.1 Å². The molecule has 2 N–H and O–H groups in total. The highest BCUT2D eigenvalue weighted by molar-refractivity contribution is 5.21. The van der Waals surface area contributed by atoms with E-state index < -0.39 is 0 Å². The average Bonchev–Trinajstić information content (AvgIpc) is 2.74. The molecule has 1 aliphatic carbocycles. The van der Waals surface area contributed by atoms with Crippen molar-refractivity contribution in [3.05, 3.63) is 0 Å². The Labute approximate surface area is 116 Å². The Morgan fingerprint density at radius 2 is 1.84 bits per heavy atom. The average molecular weight is 268 g/mol. The van der Waals surface area contributed by atoms with Crippen molar-refractivity contribution in [3.8, 4) is 0 Å². The van der Waals surface area contributed by atoms with Crippen LogP contribution in [0.15, 0.2) is 0 Å². The van der Waals surface area contributed by atoms with Crippen LogP contribution < -0.4 is 5.73 Å². The zero-order valence-corrected chi connectivity index (χ0v) is 12.7. The van der Waals surface area contributed by atoms with Crippen molar-refractivity contribution >= 4 is 0 Å². The van der Waals surface area contributed by atoms with Crippen molar-refractivity contribution in [2.45, 2.75) is 58.0 Å². The lowest BCUT2D eigenvalue weighted by molar-refractivity contribution is -0.172. The van der Waals surface area contributed by atoms with Crippen LogP contribution in [0.1, 0.15) is 34.1 Å². The van der Waals surface area contributed by atoms with Gasteiger partial charge in [0.15, 0.2) is 0 Å². The number of rotatable bonds is 2. The molecule has 0 aromatic heterocycles. The van der Waals surface area contributed by atoms with Crippen LogP contribution in [-0.2, 0) is 9.47 Å². The van der Waals surface area contributed by atoms with Crippen LogP contribution in [0.2, 0.25) is 0 Å². The first-order valence-corrected chi connectivity index (χ1v) is 7.63. The van der Waals surface area contributed by atoms with Crippen LogP contribution in [0.5, 0.6) is 0 Å². The Morgan fingerprint density at radius 1 is 1.21 bits per heavy atom. The van der Waals surface area contributed by atoms with Gasteiger partial charge < -0.3 is 15.2 Å². The van der Waals surface area contributed by atoms with Gasteiger partial charge in [0.1, 0.15) is 0 Å². The predicted octanol–water partition coefficient (Wildman–Crippen LogP) is 1.24. The van der Waals surface area contributed by atoms with Crippen molar-refractivity contribution < 1.29 is 9.47 Å². The lowest BCUT2D eigenvalue weighted by Gasteiger charge is -2.63. The smallest absolute Gasteiger partial charge is 0.0691 e. The van der Waals surface area contributed by atoms with Crippen LogP contribution in [0.4, 0.5) is 0 Å². The molecule has 0 aromatic carbocycles. The van der Waals surface area contributed by atoms with E-state index in [1.807, 2.05) is 0 Å². The number of nitrogens with two attached hydrogens (primary N) is 1. The van der Waals surface area contributed by atoms with E-state index in [0.29, 0.717) is 24.2 Å². The fourth-order valence-electron chi connectivity index (χ4n) is 4.58. The van der Waals surface area contributed by atoms with E-state index in [-0.39, 0.29) is 11.0 Å². The second-order valence-electron chi connectivity index (χ2n) is 7.40. The topological polar surface area (TPSA) is 47.7 Å². The molecule has 5 unspecified atom stereocenters. The first kappa shape index (κ1) is 13.8. The van der Waals surface area contributed by atoms with Crippen molar-refractivity contribution in [3.63, 3.8) is 0 Å². The van der Waals surface area contributed by atoms with Crippen LogP contribution >= 0.6 is 0 Å². The van der Waals surface area contributed by atoms with Gasteiger partial charge in [0.2, 0.25) is 0 Å². The van der Waals surface area contributed by atoms with Gasteiger partial charge in [0.05, 0.1) is 18.3 Å². The molecule has 0 spiro atoms. The van der Waals surface area contributed by atoms with E-state index >= 15 is 0 Å². The van der Waals surface area contributed by atoms with Crippen molar-refractivity contribution in [2.75, 3.05) is 26.2 Å². The Kier molecular flexibility index (Phi) is 3.21. The fraction of sp³-hybridized carbons (Fsp3) is 1.00. The van der Waals surface area contributed by atoms with Gasteiger partial charge >= 0.3 is 0 Å². The molecule has 2 aliphatic heterocycles. The SMILES string of the molecule is CC1CN(CC2(N)C3CCOC3C2(C)C)CC(C)O1. The van der Waals surface area contributed by atoms with E-state index in [4.69, 9.17) is 15.2 Å². The van der Waals surface area contributed by atoms with Crippen LogP contribution in [0.25, 0.3) is 0 Å². The molecule has 3 rings (SSSR count). The summed E-state index contributed by atoms with van der Waals surface area (Å²) in [5.41, 5.74) is 6.80. The highest BCUT2D eigenvalue weighted by Gasteiger charge is 2.67. The minimum atomic E-state index is -0.106. The van der Waals surface area contributed by atoms with E-state index in [2.05, 4.69) is 32.6 Å². The number of morpholine rings is 1. The molecule has 3 fully saturated rings. The summed E-state index contributed by atoms with van der Waals surface area (Å²) in [5.74, 6) is 0.538. The van der Waals surface area contributed by atoms with Crippen molar-refractivity contribution in [1.82, 2.24) is 4.90 Å². The summed E-state index contributed by atoms with van der Waals surface area (Å²) in [6.45, 7) is 12.7. The van der Waals surface area contributed by atoms with E-state index in [1.165, 1.54) is 0 Å². The largest absolute Gasteiger partial charge is 0.377 e. The summed E-state index contributed by atoms with van der Waals surface area (Å²) in [7, 11) is 0. The van der Waals surface area contributed by atoms with Gasteiger partial charge in [0.25, 0.3) is 0 Å². The minimum absolute atomic E-state index is 0.0823. The van der Waals surface area contributed by atoms with Gasteiger partial charge in [-0.05, 0) is 20.3 Å². The van der Waals surface area contributed by atoms with Gasteiger partial charge in [-0.15, -0.1) is 0 Å². The maximum Gasteiger partial charge on any atom is 0.0691 e. The fourth-order valence-corrected chi connectivity index (χ4v) is 4.58. The molecule has 0 bridgehead atoms. The number of hydrogen-bond acceptors (Lipinski definition) is 4. The molecular weight excluding hydrogens is 240 g/mol. The lowest BCUT2D eigenvalue weighted by Crippen LogP contribution is -2.78. The first-order chi connectivity index (χ1) is 8.84. The quantitative estimate of drug-likeness (QED) is 0.818. The molecule has 1 saturated carbocycles. The molecule has 0 amide bonds. The van der Waals surface area contributed by atoms with Crippen LogP contribution in [0, 0.1) is 11.3 Å². The molecule has 5 atom stereocenters. The monoisotopic (exact) mass is 268 g/mol. The molecule has 4 nitrogen and oxygen atoms in total. The molecular formula is C15H28N2O2. The third-order valence-electron chi connectivity index (χ3n) is 5.64. The molecule has 3 aliphatic rings. The third-order valence-corrected chi connectivity index (χ3v) is 5.64. The van der Waals surface area contributed by atoms with Gasteiger partial charge in [-0.1, -0.05) is 13.8 Å². The molecule has 2 heterocycles. The molecule has 0 aromatic rings. The van der Waals surface area contributed by atoms with Crippen molar-refractivity contribution in [1.29, 1.82) is 0 Å². The van der Waals surface area contributed by atoms with Gasteiger partial charge in [-0.3, -0.25) is 4.90 Å². The normalized spacial score (nSPS) is 49.7. The summed E-state index contributed by atoms with van der Waals surface area (Å²) >= 11 is 0. The minimum Gasteiger partial charge on any atom is -0.377 e. The summed E-state index contributed by atoms with van der Waals surface area (Å²) in [5, 5.41) is 0. The summed E-state index contributed by atoms with van der Waals surface area (Å²) in [6.07, 6.45) is 2.12. The second kappa shape index (κ2) is 4.42. The molecule has 19 heavy (non-hydrogen) atoms. The van der Waals surface area contributed by atoms with Gasteiger partial charge in [0, 0.05) is 43.1 Å². The molecule has 4 heteroatoms. The number of nitrogens with zero attached hydrogens (tertiary/aromatic N) is 1. The van der Waals surface area contributed by atoms with Crippen LogP contribution in [0.3, 0.4) is 0 Å². The maximum absolute atomic E-state index is 6.83. The van der Waals surface area contributed by atoms with E-state index in [9.17, 15) is 0 Å². The zero-order valence-electron chi connectivity index (χ0n) is 12.7. The van der Waals surface area contributed by atoms with Gasteiger partial charge in [-0.25, -0.2) is 0 Å². The Bertz CT molecular complexity index is 350. The number of ether oxygens (including phenoxy) is 2. The Morgan fingerprint density at radius 3 is 2.47 bits per heavy atom. The zero-order chi connectivity index (χ0) is 13.8. The van der Waals surface area contributed by atoms with E-state index in [1.54, 1.807) is 0 Å². The highest BCUT2D eigenvalue weighted by atomic mass is 16.5. The molecule has 2 saturated heterocycles. The van der Waals surface area contributed by atoms with Crippen LogP contribution in [-0.4, -0.2) is 55.0 Å². The standard InChI is InChI=1S/C15H28N2O2/c1-10-7-17(8-11(2)19-10)9-15(16)12-5-6-18-13(12)14(15,3)4/h10-13H,5-9,16H2,1-4H3. The molecule has 0 radical (unpaired) electrons. The third kappa shape index (κ3) is 1.96. The number of hydrogen-bond donors (Lipinski definition) is 1. The summed E-state index contributed by atoms with van der Waals surface area (Å²) < 4.78 is 11.7. The maximum atomic E-state index is 6.83. The summed E-state index contributed by atoms with van der Waals surface area (Å²) in [6, 6.07) is 0. The highest BCUT2D eigenvalue weighted by Crippen LogP contribution is 2.58. The van der Waals surface area contributed by atoms with E-state index in [0.717, 1.165) is 32.7 Å². The lowest BCUT2D eigenvalue weighted by atomic mass is 9.48. The second-order valence-corrected chi connectivity index (χ2v) is 7.40. The first-order valence-electron chi connectivity index (χ1n) is 7.63. The summed E-state index contributed by atoms with van der Waals surface area (Å²) in [4.78, 5) is 2.50. The van der Waals surface area contributed by atoms with Gasteiger partial charge in [-0.2, -0.15) is 0 Å². The Hall–Kier alpha value is -0.160. The number of fused-ring (bicyclic) bond motifs is 1.